The summed E-state index contributed by atoms with van der Waals surface area (Å²) in [5.41, 5.74) is 2.53. The van der Waals surface area contributed by atoms with Crippen LogP contribution in [0.1, 0.15) is 30.5 Å². The van der Waals surface area contributed by atoms with E-state index >= 15 is 0 Å². The van der Waals surface area contributed by atoms with Crippen molar-refractivity contribution >= 4 is 5.82 Å². The van der Waals surface area contributed by atoms with Crippen molar-refractivity contribution in [2.45, 2.75) is 38.1 Å². The molecular weight excluding hydrogens is 202 g/mol. The Labute approximate surface area is 95.3 Å². The highest BCUT2D eigenvalue weighted by Gasteiger charge is 2.26. The average Bonchev–Trinajstić information content (AvgIpc) is 2.96. The van der Waals surface area contributed by atoms with Gasteiger partial charge in [0.05, 0.1) is 18.3 Å². The predicted molar refractivity (Wildman–Crippen MR) is 61.5 cm³/mol. The van der Waals surface area contributed by atoms with Gasteiger partial charge in [-0.05, 0) is 43.7 Å². The number of nitrogens with zero attached hydrogens (tertiary/aromatic N) is 3. The number of aliphatic hydroxyl groups excluding tert-OH is 1. The Bertz CT molecular complexity index is 394. The Kier molecular flexibility index (Phi) is 2.52. The van der Waals surface area contributed by atoms with Crippen LogP contribution < -0.4 is 4.90 Å². The highest BCUT2D eigenvalue weighted by molar-refractivity contribution is 5.44. The molecule has 1 N–H and O–H groups in total. The summed E-state index contributed by atoms with van der Waals surface area (Å²) in [4.78, 5) is 2.20. The minimum Gasteiger partial charge on any atom is -0.394 e. The van der Waals surface area contributed by atoms with E-state index in [9.17, 15) is 5.11 Å². The number of rotatable bonds is 2. The van der Waals surface area contributed by atoms with Crippen molar-refractivity contribution < 1.29 is 5.11 Å². The molecule has 0 bridgehead atoms. The van der Waals surface area contributed by atoms with Crippen molar-refractivity contribution in [1.82, 2.24) is 10.2 Å². The minimum atomic E-state index is 0.221. The van der Waals surface area contributed by atoms with Gasteiger partial charge in [-0.2, -0.15) is 5.10 Å². The van der Waals surface area contributed by atoms with Crippen LogP contribution in [0.3, 0.4) is 0 Å². The second-order valence-electron chi connectivity index (χ2n) is 4.70. The van der Waals surface area contributed by atoms with Gasteiger partial charge in [0.25, 0.3) is 0 Å². The molecule has 2 aliphatic rings. The van der Waals surface area contributed by atoms with Gasteiger partial charge in [0, 0.05) is 6.54 Å². The zero-order valence-corrected chi connectivity index (χ0v) is 9.39. The summed E-state index contributed by atoms with van der Waals surface area (Å²) in [6, 6.07) is 2.41. The SMILES string of the molecule is OC[C@H]1CCCN1c1cc2c(nn1)CCC2. The fraction of sp³-hybridized carbons (Fsp3) is 0.667. The number of fused-ring (bicyclic) bond motifs is 1. The van der Waals surface area contributed by atoms with Gasteiger partial charge < -0.3 is 10.0 Å². The molecule has 2 heterocycles. The molecule has 86 valence electrons. The Morgan fingerprint density at radius 3 is 3.12 bits per heavy atom. The molecule has 0 saturated carbocycles. The van der Waals surface area contributed by atoms with Crippen molar-refractivity contribution in [2.75, 3.05) is 18.1 Å². The number of hydrogen-bond donors (Lipinski definition) is 1. The van der Waals surface area contributed by atoms with E-state index in [1.807, 2.05) is 0 Å². The molecule has 3 rings (SSSR count). The lowest BCUT2D eigenvalue weighted by atomic mass is 10.2. The summed E-state index contributed by atoms with van der Waals surface area (Å²) in [5, 5.41) is 17.9. The zero-order chi connectivity index (χ0) is 11.0. The van der Waals surface area contributed by atoms with Gasteiger partial charge in [0.2, 0.25) is 0 Å². The first kappa shape index (κ1) is 10.0. The molecule has 16 heavy (non-hydrogen) atoms. The highest BCUT2D eigenvalue weighted by atomic mass is 16.3. The molecule has 4 heteroatoms. The lowest BCUT2D eigenvalue weighted by molar-refractivity contribution is 0.266. The monoisotopic (exact) mass is 219 g/mol. The van der Waals surface area contributed by atoms with Crippen LogP contribution in [-0.2, 0) is 12.8 Å². The lowest BCUT2D eigenvalue weighted by Gasteiger charge is -2.23. The molecule has 4 nitrogen and oxygen atoms in total. The number of aromatic nitrogens is 2. The molecule has 1 aromatic rings. The molecule has 0 spiro atoms. The predicted octanol–water partition coefficient (Wildman–Crippen LogP) is 0.926. The second-order valence-corrected chi connectivity index (χ2v) is 4.70. The molecule has 0 unspecified atom stereocenters. The summed E-state index contributed by atoms with van der Waals surface area (Å²) in [6.07, 6.45) is 5.62. The maximum absolute atomic E-state index is 9.30. The fourth-order valence-corrected chi connectivity index (χ4v) is 2.78. The van der Waals surface area contributed by atoms with Gasteiger partial charge in [-0.15, -0.1) is 5.10 Å². The van der Waals surface area contributed by atoms with Crippen molar-refractivity contribution in [3.63, 3.8) is 0 Å². The summed E-state index contributed by atoms with van der Waals surface area (Å²) in [7, 11) is 0. The first-order chi connectivity index (χ1) is 7.88. The Morgan fingerprint density at radius 1 is 1.31 bits per heavy atom. The summed E-state index contributed by atoms with van der Waals surface area (Å²) in [5.74, 6) is 0.956. The third-order valence-corrected chi connectivity index (χ3v) is 3.69. The lowest BCUT2D eigenvalue weighted by Crippen LogP contribution is -2.33. The van der Waals surface area contributed by atoms with Crippen LogP contribution in [0.25, 0.3) is 0 Å². The van der Waals surface area contributed by atoms with Crippen molar-refractivity contribution in [2.24, 2.45) is 0 Å². The number of anilines is 1. The largest absolute Gasteiger partial charge is 0.394 e. The van der Waals surface area contributed by atoms with Crippen LogP contribution in [0, 0.1) is 0 Å². The van der Waals surface area contributed by atoms with E-state index in [2.05, 4.69) is 21.2 Å². The smallest absolute Gasteiger partial charge is 0.151 e. The van der Waals surface area contributed by atoms with E-state index in [4.69, 9.17) is 0 Å². The van der Waals surface area contributed by atoms with E-state index in [1.54, 1.807) is 0 Å². The maximum atomic E-state index is 9.30. The summed E-state index contributed by atoms with van der Waals surface area (Å²) in [6.45, 7) is 1.22. The van der Waals surface area contributed by atoms with Gasteiger partial charge in [0.1, 0.15) is 0 Å². The van der Waals surface area contributed by atoms with E-state index < -0.39 is 0 Å². The molecule has 1 saturated heterocycles. The van der Waals surface area contributed by atoms with Crippen LogP contribution in [0.15, 0.2) is 6.07 Å². The quantitative estimate of drug-likeness (QED) is 0.803. The molecule has 1 aliphatic heterocycles. The van der Waals surface area contributed by atoms with Crippen LogP contribution in [0.5, 0.6) is 0 Å². The third-order valence-electron chi connectivity index (χ3n) is 3.69. The molecular formula is C12H17N3O. The highest BCUT2D eigenvalue weighted by Crippen LogP contribution is 2.27. The van der Waals surface area contributed by atoms with E-state index in [0.29, 0.717) is 0 Å². The Hall–Kier alpha value is -1.16. The van der Waals surface area contributed by atoms with Crippen molar-refractivity contribution in [3.8, 4) is 0 Å². The molecule has 0 aromatic carbocycles. The van der Waals surface area contributed by atoms with Crippen LogP contribution in [0.4, 0.5) is 5.82 Å². The molecule has 1 aliphatic carbocycles. The molecule has 1 fully saturated rings. The van der Waals surface area contributed by atoms with E-state index in [0.717, 1.165) is 38.0 Å². The summed E-state index contributed by atoms with van der Waals surface area (Å²) < 4.78 is 0. The van der Waals surface area contributed by atoms with Crippen LogP contribution >= 0.6 is 0 Å². The van der Waals surface area contributed by atoms with Crippen LogP contribution in [0.2, 0.25) is 0 Å². The number of aliphatic hydroxyl groups is 1. The minimum absolute atomic E-state index is 0.221. The van der Waals surface area contributed by atoms with Gasteiger partial charge in [0.15, 0.2) is 5.82 Å². The second kappa shape index (κ2) is 4.01. The number of aryl methyl sites for hydroxylation is 2. The van der Waals surface area contributed by atoms with Crippen molar-refractivity contribution in [3.05, 3.63) is 17.3 Å². The van der Waals surface area contributed by atoms with E-state index in [-0.39, 0.29) is 12.6 Å². The van der Waals surface area contributed by atoms with Gasteiger partial charge in [-0.1, -0.05) is 0 Å². The molecule has 1 aromatic heterocycles. The van der Waals surface area contributed by atoms with Crippen molar-refractivity contribution in [1.29, 1.82) is 0 Å². The Balaban J connectivity index is 1.89. The van der Waals surface area contributed by atoms with Gasteiger partial charge in [-0.3, -0.25) is 0 Å². The van der Waals surface area contributed by atoms with E-state index in [1.165, 1.54) is 17.7 Å². The standard InChI is InChI=1S/C12H17N3O/c16-8-10-4-2-6-15(10)12-7-9-3-1-5-11(9)13-14-12/h7,10,16H,1-6,8H2/t10-/m1/s1. The third kappa shape index (κ3) is 1.57. The maximum Gasteiger partial charge on any atom is 0.151 e. The molecule has 0 radical (unpaired) electrons. The van der Waals surface area contributed by atoms with Gasteiger partial charge in [-0.25, -0.2) is 0 Å². The number of hydrogen-bond acceptors (Lipinski definition) is 4. The first-order valence-corrected chi connectivity index (χ1v) is 6.11. The van der Waals surface area contributed by atoms with Gasteiger partial charge >= 0.3 is 0 Å². The molecule has 0 amide bonds. The summed E-state index contributed by atoms with van der Waals surface area (Å²) >= 11 is 0. The average molecular weight is 219 g/mol. The first-order valence-electron chi connectivity index (χ1n) is 6.11. The fourth-order valence-electron chi connectivity index (χ4n) is 2.78. The normalized spacial score (nSPS) is 23.8. The Morgan fingerprint density at radius 2 is 2.25 bits per heavy atom. The van der Waals surface area contributed by atoms with Crippen LogP contribution in [-0.4, -0.2) is 34.5 Å². The molecule has 1 atom stereocenters. The zero-order valence-electron chi connectivity index (χ0n) is 9.39. The topological polar surface area (TPSA) is 49.2 Å².